The Morgan fingerprint density at radius 3 is 2.39 bits per heavy atom. The highest BCUT2D eigenvalue weighted by atomic mass is 35.5. The molecule has 2 fully saturated rings. The number of halogens is 1. The van der Waals surface area contributed by atoms with E-state index in [4.69, 9.17) is 22.2 Å². The van der Waals surface area contributed by atoms with E-state index in [1.54, 1.807) is 29.2 Å². The molecule has 3 N–H and O–H groups in total. The molecule has 2 aliphatic heterocycles. The minimum Gasteiger partial charge on any atom is -0.378 e. The fourth-order valence-electron chi connectivity index (χ4n) is 3.67. The summed E-state index contributed by atoms with van der Waals surface area (Å²) in [5, 5.41) is 0.600. The highest BCUT2D eigenvalue weighted by Gasteiger charge is 2.32. The molecule has 0 atom stereocenters. The third kappa shape index (κ3) is 4.96. The Balaban J connectivity index is 1.49. The number of hydrogen-bond acceptors (Lipinski definition) is 6. The van der Waals surface area contributed by atoms with Crippen LogP contribution in [-0.2, 0) is 11.3 Å². The van der Waals surface area contributed by atoms with Gasteiger partial charge in [0.1, 0.15) is 0 Å². The van der Waals surface area contributed by atoms with Gasteiger partial charge in [0, 0.05) is 43.1 Å². The quantitative estimate of drug-likeness (QED) is 0.411. The maximum Gasteiger partial charge on any atom is 0.324 e. The number of pyridine rings is 1. The number of rotatable bonds is 5. The third-order valence-corrected chi connectivity index (χ3v) is 5.88. The summed E-state index contributed by atoms with van der Waals surface area (Å²) in [6.07, 6.45) is 1.45. The molecular weight excluding hydrogens is 420 g/mol. The summed E-state index contributed by atoms with van der Waals surface area (Å²) >= 11 is 6.04. The lowest BCUT2D eigenvalue weighted by atomic mass is 10.2. The van der Waals surface area contributed by atoms with Gasteiger partial charge in [0.2, 0.25) is 0 Å². The van der Waals surface area contributed by atoms with Crippen molar-refractivity contribution in [2.75, 3.05) is 44.3 Å². The number of ether oxygens (including phenoxy) is 1. The number of benzene rings is 1. The molecule has 4 rings (SSSR count). The first kappa shape index (κ1) is 21.5. The van der Waals surface area contributed by atoms with Gasteiger partial charge in [-0.3, -0.25) is 25.0 Å². The van der Waals surface area contributed by atoms with Crippen molar-refractivity contribution >= 4 is 29.2 Å². The van der Waals surface area contributed by atoms with Gasteiger partial charge in [0.05, 0.1) is 37.1 Å². The van der Waals surface area contributed by atoms with Crippen molar-refractivity contribution < 1.29 is 14.3 Å². The first-order valence-electron chi connectivity index (χ1n) is 10.1. The monoisotopic (exact) mass is 444 g/mol. The van der Waals surface area contributed by atoms with Crippen LogP contribution in [0.1, 0.15) is 16.1 Å². The van der Waals surface area contributed by atoms with Crippen LogP contribution in [0.5, 0.6) is 0 Å². The number of nitrogens with zero attached hydrogens (tertiary/aromatic N) is 4. The van der Waals surface area contributed by atoms with Crippen molar-refractivity contribution in [1.82, 2.24) is 20.2 Å². The lowest BCUT2D eigenvalue weighted by molar-refractivity contribution is -0.0738. The number of aromatic nitrogens is 1. The summed E-state index contributed by atoms with van der Waals surface area (Å²) in [5.41, 5.74) is 3.82. The molecule has 1 aromatic heterocycles. The van der Waals surface area contributed by atoms with Gasteiger partial charge in [-0.2, -0.15) is 0 Å². The molecule has 0 saturated carbocycles. The zero-order valence-corrected chi connectivity index (χ0v) is 17.8. The summed E-state index contributed by atoms with van der Waals surface area (Å²) < 4.78 is 5.28. The van der Waals surface area contributed by atoms with Crippen LogP contribution in [-0.4, -0.2) is 72.2 Å². The zero-order valence-electron chi connectivity index (χ0n) is 17.0. The number of piperazine rings is 1. The number of carbonyl (C=O) groups excluding carboxylic acids is 2. The van der Waals surface area contributed by atoms with E-state index >= 15 is 0 Å². The van der Waals surface area contributed by atoms with E-state index in [-0.39, 0.29) is 12.6 Å². The molecule has 3 amide bonds. The third-order valence-electron chi connectivity index (χ3n) is 5.63. The summed E-state index contributed by atoms with van der Waals surface area (Å²) in [6.45, 7) is 4.78. The molecule has 0 bridgehead atoms. The molecule has 0 aliphatic carbocycles. The first-order chi connectivity index (χ1) is 15.0. The Bertz CT molecular complexity index is 912. The molecule has 0 unspecified atom stereocenters. The normalized spacial score (nSPS) is 17.2. The molecule has 9 nitrogen and oxygen atoms in total. The van der Waals surface area contributed by atoms with Crippen LogP contribution in [0.15, 0.2) is 42.6 Å². The minimum atomic E-state index is -0.417. The summed E-state index contributed by atoms with van der Waals surface area (Å²) in [4.78, 5) is 35.3. The zero-order chi connectivity index (χ0) is 21.8. The Hall–Kier alpha value is -2.72. The topological polar surface area (TPSA) is 104 Å². The Kier molecular flexibility index (Phi) is 6.67. The Morgan fingerprint density at radius 1 is 1.13 bits per heavy atom. The average Bonchev–Trinajstić information content (AvgIpc) is 2.77. The second kappa shape index (κ2) is 9.61. The van der Waals surface area contributed by atoms with E-state index < -0.39 is 5.91 Å². The van der Waals surface area contributed by atoms with E-state index in [9.17, 15) is 9.59 Å². The number of nitrogens with one attached hydrogen (secondary N) is 1. The van der Waals surface area contributed by atoms with Gasteiger partial charge in [-0.25, -0.2) is 10.6 Å². The maximum absolute atomic E-state index is 13.4. The van der Waals surface area contributed by atoms with Crippen molar-refractivity contribution in [2.45, 2.75) is 12.6 Å². The van der Waals surface area contributed by atoms with Gasteiger partial charge in [0.15, 0.2) is 0 Å². The van der Waals surface area contributed by atoms with Crippen molar-refractivity contribution in [3.05, 3.63) is 58.9 Å². The number of nitrogens with two attached hydrogens (primary N) is 1. The Morgan fingerprint density at radius 2 is 1.84 bits per heavy atom. The largest absolute Gasteiger partial charge is 0.378 e. The minimum absolute atomic E-state index is 0.0857. The van der Waals surface area contributed by atoms with Crippen LogP contribution in [0.3, 0.4) is 0 Å². The molecule has 164 valence electrons. The average molecular weight is 445 g/mol. The molecule has 10 heteroatoms. The molecule has 2 saturated heterocycles. The summed E-state index contributed by atoms with van der Waals surface area (Å²) in [5.74, 6) is 4.75. The van der Waals surface area contributed by atoms with Gasteiger partial charge in [-0.15, -0.1) is 0 Å². The number of hydrazine groups is 1. The van der Waals surface area contributed by atoms with Gasteiger partial charge >= 0.3 is 6.03 Å². The first-order valence-corrected chi connectivity index (χ1v) is 10.5. The molecule has 0 spiro atoms. The van der Waals surface area contributed by atoms with Crippen LogP contribution in [0, 0.1) is 0 Å². The van der Waals surface area contributed by atoms with Gasteiger partial charge in [-0.1, -0.05) is 11.6 Å². The lowest BCUT2D eigenvalue weighted by Crippen LogP contribution is -2.59. The molecule has 3 heterocycles. The van der Waals surface area contributed by atoms with Crippen LogP contribution in [0.4, 0.5) is 10.5 Å². The number of anilines is 1. The molecule has 1 aromatic carbocycles. The smallest absolute Gasteiger partial charge is 0.324 e. The van der Waals surface area contributed by atoms with E-state index in [0.717, 1.165) is 32.0 Å². The number of urea groups is 1. The van der Waals surface area contributed by atoms with E-state index in [1.165, 1.54) is 6.20 Å². The van der Waals surface area contributed by atoms with Crippen molar-refractivity contribution in [3.63, 3.8) is 0 Å². The molecule has 0 radical (unpaired) electrons. The molecule has 2 aromatic rings. The number of hydrogen-bond donors (Lipinski definition) is 2. The van der Waals surface area contributed by atoms with E-state index in [2.05, 4.69) is 15.3 Å². The fourth-order valence-corrected chi connectivity index (χ4v) is 3.80. The number of carbonyl (C=O) groups is 2. The van der Waals surface area contributed by atoms with Gasteiger partial charge in [0.25, 0.3) is 5.91 Å². The van der Waals surface area contributed by atoms with Crippen molar-refractivity contribution in [1.29, 1.82) is 0 Å². The molecule has 31 heavy (non-hydrogen) atoms. The second-order valence-corrected chi connectivity index (χ2v) is 8.01. The molecule has 2 aliphatic rings. The van der Waals surface area contributed by atoms with Crippen molar-refractivity contribution in [2.24, 2.45) is 5.84 Å². The van der Waals surface area contributed by atoms with Crippen LogP contribution < -0.4 is 16.2 Å². The van der Waals surface area contributed by atoms with Crippen LogP contribution in [0.2, 0.25) is 5.02 Å². The van der Waals surface area contributed by atoms with E-state index in [0.29, 0.717) is 35.4 Å². The fraction of sp³-hybridized carbons (Fsp3) is 0.381. The SMILES string of the molecule is NNC(=O)c1ccc(CN(C(=O)N2CCN(C3COC3)CC2)c2ccc(Cl)cc2)nc1. The number of amides is 3. The van der Waals surface area contributed by atoms with Crippen LogP contribution in [0.25, 0.3) is 0 Å². The lowest BCUT2D eigenvalue weighted by Gasteiger charge is -2.43. The van der Waals surface area contributed by atoms with Gasteiger partial charge in [-0.05, 0) is 36.4 Å². The number of nitrogen functional groups attached to an aromatic ring is 1. The highest BCUT2D eigenvalue weighted by molar-refractivity contribution is 6.30. The van der Waals surface area contributed by atoms with Crippen LogP contribution >= 0.6 is 11.6 Å². The molecular formula is C21H25ClN6O3. The van der Waals surface area contributed by atoms with Crippen molar-refractivity contribution in [3.8, 4) is 0 Å². The Labute approximate surface area is 185 Å². The highest BCUT2D eigenvalue weighted by Crippen LogP contribution is 2.23. The standard InChI is InChI=1S/C21H25ClN6O3/c22-16-2-5-18(6-3-16)28(12-17-4-1-15(11-24-17)20(29)25-23)21(30)27-9-7-26(8-10-27)19-13-31-14-19/h1-6,11,19H,7-10,12-14,23H2,(H,25,29). The summed E-state index contributed by atoms with van der Waals surface area (Å²) in [7, 11) is 0. The van der Waals surface area contributed by atoms with Gasteiger partial charge < -0.3 is 9.64 Å². The maximum atomic E-state index is 13.4. The predicted octanol–water partition coefficient (Wildman–Crippen LogP) is 1.48. The second-order valence-electron chi connectivity index (χ2n) is 7.57. The summed E-state index contributed by atoms with van der Waals surface area (Å²) in [6, 6.07) is 10.9. The van der Waals surface area contributed by atoms with E-state index in [1.807, 2.05) is 17.0 Å². The predicted molar refractivity (Wildman–Crippen MR) is 117 cm³/mol.